The number of ether oxygens (including phenoxy) is 2. The fourth-order valence-electron chi connectivity index (χ4n) is 5.43. The number of fused-ring (bicyclic) bond motifs is 1. The molecule has 0 saturated heterocycles. The summed E-state index contributed by atoms with van der Waals surface area (Å²) < 4.78 is 54.6. The number of rotatable bonds is 8. The summed E-state index contributed by atoms with van der Waals surface area (Å²) in [5.74, 6) is -1.15. The number of aliphatic hydroxyl groups is 1. The minimum Gasteiger partial charge on any atom is -0.490 e. The Balaban J connectivity index is 1.66. The standard InChI is InChI=1S/C35H44FN3O7S/c1-24-21-39(25(2)23-40)35(42)31-20-29(37-47(43,44)30-16-13-28(36)14-17-30)15-18-32(31)46-26(3)10-8-9-19-45-33(24)22-38(4)34(41)27-11-6-5-7-12-27/h5-7,11-18,20,24-26,33,37,40H,8-10,19,21-23H2,1-4H3/t24-,25-,26-,33+/m1/s1. The van der Waals surface area contributed by atoms with E-state index < -0.39 is 33.9 Å². The molecule has 4 atom stereocenters. The first-order valence-corrected chi connectivity index (χ1v) is 17.3. The lowest BCUT2D eigenvalue weighted by Crippen LogP contribution is -2.48. The van der Waals surface area contributed by atoms with Crippen molar-refractivity contribution in [2.75, 3.05) is 38.1 Å². The molecule has 0 spiro atoms. The second-order valence-corrected chi connectivity index (χ2v) is 13.8. The van der Waals surface area contributed by atoms with Crippen LogP contribution in [0.1, 0.15) is 60.7 Å². The molecule has 4 rings (SSSR count). The second kappa shape index (κ2) is 16.2. The highest BCUT2D eigenvalue weighted by atomic mass is 32.2. The lowest BCUT2D eigenvalue weighted by molar-refractivity contribution is -0.0149. The van der Waals surface area contributed by atoms with Gasteiger partial charge in [-0.1, -0.05) is 25.1 Å². The third kappa shape index (κ3) is 9.52. The van der Waals surface area contributed by atoms with E-state index in [1.165, 1.54) is 17.0 Å². The Morgan fingerprint density at radius 2 is 1.79 bits per heavy atom. The van der Waals surface area contributed by atoms with Crippen molar-refractivity contribution in [1.29, 1.82) is 0 Å². The van der Waals surface area contributed by atoms with E-state index in [2.05, 4.69) is 4.72 Å². The molecule has 0 aliphatic carbocycles. The van der Waals surface area contributed by atoms with Crippen LogP contribution < -0.4 is 9.46 Å². The summed E-state index contributed by atoms with van der Waals surface area (Å²) in [6, 6.07) is 17.3. The molecule has 1 aliphatic rings. The van der Waals surface area contributed by atoms with E-state index in [0.717, 1.165) is 37.1 Å². The van der Waals surface area contributed by atoms with Crippen molar-refractivity contribution in [2.24, 2.45) is 5.92 Å². The molecule has 3 aromatic carbocycles. The Hall–Kier alpha value is -4.00. The van der Waals surface area contributed by atoms with E-state index in [0.29, 0.717) is 18.6 Å². The number of benzene rings is 3. The van der Waals surface area contributed by atoms with E-state index in [1.807, 2.05) is 32.0 Å². The van der Waals surface area contributed by atoms with Crippen molar-refractivity contribution in [3.63, 3.8) is 0 Å². The Morgan fingerprint density at radius 3 is 2.47 bits per heavy atom. The summed E-state index contributed by atoms with van der Waals surface area (Å²) in [6.07, 6.45) is 1.56. The molecule has 10 nitrogen and oxygen atoms in total. The van der Waals surface area contributed by atoms with Crippen LogP contribution in [0.2, 0.25) is 0 Å². The molecule has 1 heterocycles. The van der Waals surface area contributed by atoms with Crippen LogP contribution in [0.3, 0.4) is 0 Å². The average molecular weight is 670 g/mol. The lowest BCUT2D eigenvalue weighted by atomic mass is 10.0. The quantitative estimate of drug-likeness (QED) is 0.338. The van der Waals surface area contributed by atoms with Crippen molar-refractivity contribution in [1.82, 2.24) is 9.80 Å². The van der Waals surface area contributed by atoms with E-state index >= 15 is 0 Å². The first kappa shape index (κ1) is 35.8. The Morgan fingerprint density at radius 1 is 1.09 bits per heavy atom. The number of carbonyl (C=O) groups is 2. The predicted octanol–water partition coefficient (Wildman–Crippen LogP) is 5.19. The number of hydrogen-bond acceptors (Lipinski definition) is 7. The molecule has 0 aromatic heterocycles. The van der Waals surface area contributed by atoms with Gasteiger partial charge in [-0.05, 0) is 87.7 Å². The second-order valence-electron chi connectivity index (χ2n) is 12.1. The fraction of sp³-hybridized carbons (Fsp3) is 0.429. The van der Waals surface area contributed by atoms with Gasteiger partial charge in [0, 0.05) is 43.9 Å². The number of hydrogen-bond donors (Lipinski definition) is 2. The van der Waals surface area contributed by atoms with Crippen molar-refractivity contribution in [3.05, 3.63) is 89.7 Å². The Labute approximate surface area is 276 Å². The molecular weight excluding hydrogens is 625 g/mol. The molecule has 0 unspecified atom stereocenters. The van der Waals surface area contributed by atoms with Crippen LogP contribution in [-0.4, -0.2) is 86.7 Å². The van der Waals surface area contributed by atoms with Gasteiger partial charge in [0.2, 0.25) is 0 Å². The van der Waals surface area contributed by atoms with Gasteiger partial charge in [-0.25, -0.2) is 12.8 Å². The molecule has 0 saturated carbocycles. The van der Waals surface area contributed by atoms with E-state index in [-0.39, 0.29) is 59.5 Å². The predicted molar refractivity (Wildman–Crippen MR) is 177 cm³/mol. The molecule has 12 heteroatoms. The summed E-state index contributed by atoms with van der Waals surface area (Å²) in [7, 11) is -2.37. The van der Waals surface area contributed by atoms with Gasteiger partial charge in [0.25, 0.3) is 21.8 Å². The summed E-state index contributed by atoms with van der Waals surface area (Å²) in [4.78, 5) is 30.5. The zero-order valence-corrected chi connectivity index (χ0v) is 28.1. The summed E-state index contributed by atoms with van der Waals surface area (Å²) in [6.45, 7) is 6.17. The maximum Gasteiger partial charge on any atom is 0.261 e. The molecule has 47 heavy (non-hydrogen) atoms. The topological polar surface area (TPSA) is 125 Å². The van der Waals surface area contributed by atoms with Crippen LogP contribution in [-0.2, 0) is 14.8 Å². The minimum atomic E-state index is -4.09. The molecule has 0 bridgehead atoms. The number of anilines is 1. The average Bonchev–Trinajstić information content (AvgIpc) is 3.06. The highest BCUT2D eigenvalue weighted by Crippen LogP contribution is 2.29. The largest absolute Gasteiger partial charge is 0.490 e. The van der Waals surface area contributed by atoms with Crippen LogP contribution in [0.5, 0.6) is 5.75 Å². The number of likely N-dealkylation sites (N-methyl/N-ethyl adjacent to an activating group) is 1. The molecule has 1 aliphatic heterocycles. The number of halogens is 1. The minimum absolute atomic E-state index is 0.116. The molecular formula is C35H44FN3O7S. The van der Waals surface area contributed by atoms with Gasteiger partial charge in [-0.2, -0.15) is 0 Å². The van der Waals surface area contributed by atoms with E-state index in [9.17, 15) is 27.5 Å². The van der Waals surface area contributed by atoms with Gasteiger partial charge in [0.15, 0.2) is 0 Å². The van der Waals surface area contributed by atoms with Gasteiger partial charge in [-0.15, -0.1) is 0 Å². The summed E-state index contributed by atoms with van der Waals surface area (Å²) in [5.41, 5.74) is 0.797. The molecule has 2 amide bonds. The Kier molecular flexibility index (Phi) is 12.4. The number of nitrogens with one attached hydrogen (secondary N) is 1. The first-order chi connectivity index (χ1) is 22.4. The zero-order valence-electron chi connectivity index (χ0n) is 27.3. The highest BCUT2D eigenvalue weighted by molar-refractivity contribution is 7.92. The van der Waals surface area contributed by atoms with E-state index in [4.69, 9.17) is 9.47 Å². The fourth-order valence-corrected chi connectivity index (χ4v) is 6.48. The highest BCUT2D eigenvalue weighted by Gasteiger charge is 2.31. The number of sulfonamides is 1. The number of amides is 2. The SMILES string of the molecule is C[C@@H]1CCCCO[C@@H](CN(C)C(=O)c2ccccc2)[C@H](C)CN([C@H](C)CO)C(=O)c2cc(NS(=O)(=O)c3ccc(F)cc3)ccc2O1. The van der Waals surface area contributed by atoms with Crippen LogP contribution >= 0.6 is 0 Å². The van der Waals surface area contributed by atoms with Gasteiger partial charge in [0.1, 0.15) is 11.6 Å². The monoisotopic (exact) mass is 669 g/mol. The van der Waals surface area contributed by atoms with Crippen molar-refractivity contribution in [3.8, 4) is 5.75 Å². The van der Waals surface area contributed by atoms with Gasteiger partial charge in [0.05, 0.1) is 35.3 Å². The van der Waals surface area contributed by atoms with Crippen molar-refractivity contribution < 1.29 is 37.0 Å². The summed E-state index contributed by atoms with van der Waals surface area (Å²) >= 11 is 0. The van der Waals surface area contributed by atoms with Crippen molar-refractivity contribution >= 4 is 27.5 Å². The smallest absolute Gasteiger partial charge is 0.261 e. The lowest BCUT2D eigenvalue weighted by Gasteiger charge is -2.36. The van der Waals surface area contributed by atoms with Gasteiger partial charge >= 0.3 is 0 Å². The van der Waals surface area contributed by atoms with Crippen LogP contribution in [0.15, 0.2) is 77.7 Å². The molecule has 2 N–H and O–H groups in total. The maximum atomic E-state index is 14.3. The number of carbonyl (C=O) groups excluding carboxylic acids is 2. The number of nitrogens with zero attached hydrogens (tertiary/aromatic N) is 2. The summed E-state index contributed by atoms with van der Waals surface area (Å²) in [5, 5.41) is 10.2. The van der Waals surface area contributed by atoms with Crippen molar-refractivity contribution in [2.45, 2.75) is 63.2 Å². The van der Waals surface area contributed by atoms with Crippen LogP contribution in [0.25, 0.3) is 0 Å². The molecule has 254 valence electrons. The maximum absolute atomic E-state index is 14.3. The third-order valence-electron chi connectivity index (χ3n) is 8.25. The van der Waals surface area contributed by atoms with E-state index in [1.54, 1.807) is 37.1 Å². The molecule has 0 radical (unpaired) electrons. The molecule has 0 fully saturated rings. The van der Waals surface area contributed by atoms with Crippen LogP contribution in [0, 0.1) is 11.7 Å². The molecule has 3 aromatic rings. The normalized spacial score (nSPS) is 20.3. The van der Waals surface area contributed by atoms with Gasteiger partial charge < -0.3 is 24.4 Å². The van der Waals surface area contributed by atoms with Gasteiger partial charge in [-0.3, -0.25) is 14.3 Å². The van der Waals surface area contributed by atoms with Crippen LogP contribution in [0.4, 0.5) is 10.1 Å². The zero-order chi connectivity index (χ0) is 34.1. The first-order valence-electron chi connectivity index (χ1n) is 15.8. The third-order valence-corrected chi connectivity index (χ3v) is 9.65. The Bertz CT molecular complexity index is 1610. The number of aliphatic hydroxyl groups excluding tert-OH is 1.